The van der Waals surface area contributed by atoms with Gasteiger partial charge in [0.1, 0.15) is 0 Å². The molecular weight excluding hydrogens is 186 g/mol. The maximum absolute atomic E-state index is 5.71. The van der Waals surface area contributed by atoms with E-state index in [4.69, 9.17) is 11.6 Å². The van der Waals surface area contributed by atoms with Gasteiger partial charge in [-0.25, -0.2) is 0 Å². The molecule has 1 aromatic rings. The molecule has 1 N–H and O–H groups in total. The summed E-state index contributed by atoms with van der Waals surface area (Å²) in [6, 6.07) is 2.34. The lowest BCUT2D eigenvalue weighted by atomic mass is 10.2. The summed E-state index contributed by atoms with van der Waals surface area (Å²) in [6.07, 6.45) is 2.90. The van der Waals surface area contributed by atoms with Crippen LogP contribution >= 0.6 is 11.6 Å². The number of hydrogen-bond donors (Lipinski definition) is 1. The topological polar surface area (TPSA) is 37.8 Å². The summed E-state index contributed by atoms with van der Waals surface area (Å²) in [4.78, 5) is 0. The van der Waals surface area contributed by atoms with Crippen molar-refractivity contribution in [1.29, 1.82) is 0 Å². The molecule has 1 atom stereocenters. The molecule has 13 heavy (non-hydrogen) atoms. The second kappa shape index (κ2) is 2.84. The maximum Gasteiger partial charge on any atom is 0.153 e. The minimum atomic E-state index is 0.412. The SMILES string of the molecule is CC1(C)CC1Nc1cnnc(Cl)c1. The molecule has 1 aromatic heterocycles. The summed E-state index contributed by atoms with van der Waals surface area (Å²) in [6.45, 7) is 4.47. The molecular formula is C9H12ClN3. The zero-order valence-electron chi connectivity index (χ0n) is 7.71. The van der Waals surface area contributed by atoms with E-state index in [1.54, 1.807) is 12.3 Å². The van der Waals surface area contributed by atoms with E-state index in [0.29, 0.717) is 16.6 Å². The Hall–Kier alpha value is -0.830. The highest BCUT2D eigenvalue weighted by molar-refractivity contribution is 6.29. The number of rotatable bonds is 2. The third kappa shape index (κ3) is 1.91. The molecule has 1 fully saturated rings. The zero-order chi connectivity index (χ0) is 9.47. The normalized spacial score (nSPS) is 24.1. The molecule has 1 aliphatic rings. The van der Waals surface area contributed by atoms with Gasteiger partial charge >= 0.3 is 0 Å². The summed E-state index contributed by atoms with van der Waals surface area (Å²) in [5.74, 6) is 0. The average Bonchev–Trinajstić information content (AvgIpc) is 2.58. The van der Waals surface area contributed by atoms with Crippen LogP contribution in [0.4, 0.5) is 5.69 Å². The Bertz CT molecular complexity index is 324. The molecule has 0 radical (unpaired) electrons. The Morgan fingerprint density at radius 2 is 2.31 bits per heavy atom. The first-order valence-corrected chi connectivity index (χ1v) is 4.70. The van der Waals surface area contributed by atoms with Crippen LogP contribution in [-0.4, -0.2) is 16.2 Å². The van der Waals surface area contributed by atoms with E-state index >= 15 is 0 Å². The summed E-state index contributed by atoms with van der Waals surface area (Å²) >= 11 is 5.71. The molecule has 0 bridgehead atoms. The largest absolute Gasteiger partial charge is 0.380 e. The van der Waals surface area contributed by atoms with E-state index in [2.05, 4.69) is 29.4 Å². The molecule has 1 aliphatic carbocycles. The third-order valence-corrected chi connectivity index (χ3v) is 2.66. The van der Waals surface area contributed by atoms with E-state index < -0.39 is 0 Å². The fraction of sp³-hybridized carbons (Fsp3) is 0.556. The van der Waals surface area contributed by atoms with Gasteiger partial charge < -0.3 is 5.32 Å². The van der Waals surface area contributed by atoms with Crippen LogP contribution < -0.4 is 5.32 Å². The van der Waals surface area contributed by atoms with Crippen molar-refractivity contribution in [1.82, 2.24) is 10.2 Å². The Morgan fingerprint density at radius 1 is 1.62 bits per heavy atom. The van der Waals surface area contributed by atoms with Crippen LogP contribution in [0.5, 0.6) is 0 Å². The highest BCUT2D eigenvalue weighted by Crippen LogP contribution is 2.46. The van der Waals surface area contributed by atoms with E-state index in [1.165, 1.54) is 6.42 Å². The Balaban J connectivity index is 2.03. The van der Waals surface area contributed by atoms with Crippen molar-refractivity contribution < 1.29 is 0 Å². The van der Waals surface area contributed by atoms with Gasteiger partial charge in [-0.2, -0.15) is 5.10 Å². The van der Waals surface area contributed by atoms with E-state index in [9.17, 15) is 0 Å². The predicted molar refractivity (Wildman–Crippen MR) is 52.9 cm³/mol. The van der Waals surface area contributed by atoms with Crippen LogP contribution in [0.15, 0.2) is 12.3 Å². The Labute approximate surface area is 82.5 Å². The van der Waals surface area contributed by atoms with Gasteiger partial charge in [0.2, 0.25) is 0 Å². The first-order valence-electron chi connectivity index (χ1n) is 4.33. The molecule has 0 spiro atoms. The van der Waals surface area contributed by atoms with E-state index in [0.717, 1.165) is 5.69 Å². The second-order valence-corrected chi connectivity index (χ2v) is 4.54. The van der Waals surface area contributed by atoms with Crippen molar-refractivity contribution in [2.24, 2.45) is 5.41 Å². The lowest BCUT2D eigenvalue weighted by molar-refractivity contribution is 0.630. The van der Waals surface area contributed by atoms with Crippen LogP contribution in [0.3, 0.4) is 0 Å². The molecule has 0 aromatic carbocycles. The van der Waals surface area contributed by atoms with Crippen LogP contribution in [-0.2, 0) is 0 Å². The van der Waals surface area contributed by atoms with Gasteiger partial charge in [0, 0.05) is 12.1 Å². The van der Waals surface area contributed by atoms with Gasteiger partial charge in [-0.1, -0.05) is 25.4 Å². The van der Waals surface area contributed by atoms with Crippen molar-refractivity contribution in [3.8, 4) is 0 Å². The highest BCUT2D eigenvalue weighted by atomic mass is 35.5. The third-order valence-electron chi connectivity index (χ3n) is 2.48. The van der Waals surface area contributed by atoms with Crippen molar-refractivity contribution in [3.05, 3.63) is 17.4 Å². The van der Waals surface area contributed by atoms with E-state index in [1.807, 2.05) is 0 Å². The van der Waals surface area contributed by atoms with E-state index in [-0.39, 0.29) is 0 Å². The average molecular weight is 198 g/mol. The fourth-order valence-corrected chi connectivity index (χ4v) is 1.50. The minimum absolute atomic E-state index is 0.412. The molecule has 3 nitrogen and oxygen atoms in total. The van der Waals surface area contributed by atoms with Gasteiger partial charge in [0.25, 0.3) is 0 Å². The second-order valence-electron chi connectivity index (χ2n) is 4.16. The van der Waals surface area contributed by atoms with Crippen LogP contribution in [0.2, 0.25) is 5.15 Å². The molecule has 2 rings (SSSR count). The van der Waals surface area contributed by atoms with Gasteiger partial charge in [0.15, 0.2) is 5.15 Å². The molecule has 70 valence electrons. The van der Waals surface area contributed by atoms with Crippen LogP contribution in [0, 0.1) is 5.41 Å². The predicted octanol–water partition coefficient (Wildman–Crippen LogP) is 2.34. The first-order chi connectivity index (χ1) is 6.08. The molecule has 0 saturated heterocycles. The van der Waals surface area contributed by atoms with Gasteiger partial charge in [-0.15, -0.1) is 5.10 Å². The summed E-state index contributed by atoms with van der Waals surface area (Å²) in [5, 5.41) is 11.2. The van der Waals surface area contributed by atoms with Crippen LogP contribution in [0.1, 0.15) is 20.3 Å². The monoisotopic (exact) mass is 197 g/mol. The van der Waals surface area contributed by atoms with Crippen molar-refractivity contribution in [3.63, 3.8) is 0 Å². The number of nitrogens with zero attached hydrogens (tertiary/aromatic N) is 2. The minimum Gasteiger partial charge on any atom is -0.380 e. The van der Waals surface area contributed by atoms with Crippen molar-refractivity contribution >= 4 is 17.3 Å². The summed E-state index contributed by atoms with van der Waals surface area (Å²) in [7, 11) is 0. The quantitative estimate of drug-likeness (QED) is 0.791. The molecule has 0 amide bonds. The number of hydrogen-bond acceptors (Lipinski definition) is 3. The number of halogens is 1. The lowest BCUT2D eigenvalue weighted by Crippen LogP contribution is -2.08. The molecule has 1 heterocycles. The Kier molecular flexibility index (Phi) is 1.91. The summed E-state index contributed by atoms with van der Waals surface area (Å²) < 4.78 is 0. The standard InChI is InChI=1S/C9H12ClN3/c1-9(2)4-7(9)12-6-3-8(10)13-11-5-6/h3,5,7H,4H2,1-2H3,(H,12,13). The maximum atomic E-state index is 5.71. The number of anilines is 1. The van der Waals surface area contributed by atoms with Crippen molar-refractivity contribution in [2.75, 3.05) is 5.32 Å². The Morgan fingerprint density at radius 3 is 2.85 bits per heavy atom. The molecule has 4 heteroatoms. The van der Waals surface area contributed by atoms with Gasteiger partial charge in [-0.05, 0) is 11.8 Å². The number of nitrogens with one attached hydrogen (secondary N) is 1. The smallest absolute Gasteiger partial charge is 0.153 e. The molecule has 1 saturated carbocycles. The highest BCUT2D eigenvalue weighted by Gasteiger charge is 2.45. The van der Waals surface area contributed by atoms with Gasteiger partial charge in [-0.3, -0.25) is 0 Å². The summed E-state index contributed by atoms with van der Waals surface area (Å²) in [5.41, 5.74) is 1.37. The van der Waals surface area contributed by atoms with Crippen molar-refractivity contribution in [2.45, 2.75) is 26.3 Å². The molecule has 0 aliphatic heterocycles. The number of aromatic nitrogens is 2. The fourth-order valence-electron chi connectivity index (χ4n) is 1.33. The lowest BCUT2D eigenvalue weighted by Gasteiger charge is -2.06. The van der Waals surface area contributed by atoms with Crippen LogP contribution in [0.25, 0.3) is 0 Å². The first kappa shape index (κ1) is 8.75. The zero-order valence-corrected chi connectivity index (χ0v) is 8.47. The molecule has 1 unspecified atom stereocenters. The van der Waals surface area contributed by atoms with Gasteiger partial charge in [0.05, 0.1) is 11.9 Å².